The molecule has 0 amide bonds. The Morgan fingerprint density at radius 3 is 2.48 bits per heavy atom. The Labute approximate surface area is 131 Å². The summed E-state index contributed by atoms with van der Waals surface area (Å²) in [4.78, 5) is 2.27. The maximum atomic E-state index is 5.54. The summed E-state index contributed by atoms with van der Waals surface area (Å²) in [6.07, 6.45) is 0.901. The van der Waals surface area contributed by atoms with Crippen molar-refractivity contribution < 1.29 is 14.2 Å². The number of hydrogen-bond acceptors (Lipinski definition) is 5. The van der Waals surface area contributed by atoms with Crippen LogP contribution in [0, 0.1) is 0 Å². The van der Waals surface area contributed by atoms with E-state index >= 15 is 0 Å². The van der Waals surface area contributed by atoms with Crippen molar-refractivity contribution in [3.05, 3.63) is 23.3 Å². The van der Waals surface area contributed by atoms with E-state index in [2.05, 4.69) is 29.4 Å². The van der Waals surface area contributed by atoms with Gasteiger partial charge in [0.2, 0.25) is 0 Å². The van der Waals surface area contributed by atoms with Crippen LogP contribution in [0.5, 0.6) is 11.5 Å². The summed E-state index contributed by atoms with van der Waals surface area (Å²) in [5, 5.41) is 3.26. The van der Waals surface area contributed by atoms with Gasteiger partial charge in [-0.2, -0.15) is 0 Å². The molecular formula is C15H22N2O3S. The fourth-order valence-corrected chi connectivity index (χ4v) is 2.61. The molecule has 0 fully saturated rings. The van der Waals surface area contributed by atoms with E-state index in [0.717, 1.165) is 24.5 Å². The summed E-state index contributed by atoms with van der Waals surface area (Å²) in [7, 11) is 7.17. The Hall–Kier alpha value is -1.53. The molecule has 6 heteroatoms. The molecule has 1 N–H and O–H groups in total. The second-order valence-electron chi connectivity index (χ2n) is 5.10. The standard InChI is InChI=1S/C15H22N2O3S/c1-16-15(21)20-9-12-5-10-6-13(18-3)14(19-4)7-11(10)8-17(12)2/h6-7,12H,5,8-9H2,1-4H3,(H,16,21). The van der Waals surface area contributed by atoms with Crippen LogP contribution in [0.2, 0.25) is 0 Å². The second-order valence-corrected chi connectivity index (χ2v) is 5.47. The van der Waals surface area contributed by atoms with Gasteiger partial charge in [0.05, 0.1) is 14.2 Å². The molecule has 1 atom stereocenters. The molecule has 0 saturated carbocycles. The van der Waals surface area contributed by atoms with Gasteiger partial charge in [-0.1, -0.05) is 0 Å². The van der Waals surface area contributed by atoms with E-state index in [1.165, 1.54) is 11.1 Å². The Kier molecular flexibility index (Phi) is 5.25. The zero-order valence-corrected chi connectivity index (χ0v) is 13.8. The van der Waals surface area contributed by atoms with Gasteiger partial charge in [-0.25, -0.2) is 0 Å². The minimum Gasteiger partial charge on any atom is -0.493 e. The average molecular weight is 310 g/mol. The van der Waals surface area contributed by atoms with E-state index in [-0.39, 0.29) is 0 Å². The molecule has 1 aromatic rings. The molecule has 2 rings (SSSR count). The van der Waals surface area contributed by atoms with Crippen LogP contribution < -0.4 is 14.8 Å². The maximum Gasteiger partial charge on any atom is 0.256 e. The Morgan fingerprint density at radius 1 is 1.29 bits per heavy atom. The molecule has 1 aliphatic heterocycles. The van der Waals surface area contributed by atoms with Crippen LogP contribution in [0.15, 0.2) is 12.1 Å². The summed E-state index contributed by atoms with van der Waals surface area (Å²) >= 11 is 5.02. The highest BCUT2D eigenvalue weighted by Gasteiger charge is 2.25. The molecule has 0 radical (unpaired) electrons. The zero-order chi connectivity index (χ0) is 15.4. The van der Waals surface area contributed by atoms with Crippen molar-refractivity contribution in [3.8, 4) is 11.5 Å². The maximum absolute atomic E-state index is 5.54. The van der Waals surface area contributed by atoms with E-state index in [0.29, 0.717) is 17.8 Å². The SMILES string of the molecule is CNC(=S)OCC1Cc2cc(OC)c(OC)cc2CN1C. The number of methoxy groups -OCH3 is 2. The van der Waals surface area contributed by atoms with Gasteiger partial charge in [-0.3, -0.25) is 4.90 Å². The van der Waals surface area contributed by atoms with Crippen LogP contribution in [0.1, 0.15) is 11.1 Å². The van der Waals surface area contributed by atoms with Crippen molar-refractivity contribution >= 4 is 17.4 Å². The monoisotopic (exact) mass is 310 g/mol. The largest absolute Gasteiger partial charge is 0.493 e. The van der Waals surface area contributed by atoms with Crippen LogP contribution in [0.4, 0.5) is 0 Å². The number of thiocarbonyl (C=S) groups is 1. The van der Waals surface area contributed by atoms with E-state index < -0.39 is 0 Å². The van der Waals surface area contributed by atoms with Gasteiger partial charge in [-0.15, -0.1) is 0 Å². The lowest BCUT2D eigenvalue weighted by atomic mass is 9.94. The van der Waals surface area contributed by atoms with Gasteiger partial charge >= 0.3 is 0 Å². The summed E-state index contributed by atoms with van der Waals surface area (Å²) in [5.41, 5.74) is 2.54. The lowest BCUT2D eigenvalue weighted by molar-refractivity contribution is 0.137. The lowest BCUT2D eigenvalue weighted by Crippen LogP contribution is -2.41. The molecule has 0 spiro atoms. The van der Waals surface area contributed by atoms with Crippen molar-refractivity contribution in [2.75, 3.05) is 34.9 Å². The molecule has 5 nitrogen and oxygen atoms in total. The normalized spacial score (nSPS) is 17.8. The third-order valence-corrected chi connectivity index (χ3v) is 4.14. The van der Waals surface area contributed by atoms with Crippen molar-refractivity contribution in [2.45, 2.75) is 19.0 Å². The second kappa shape index (κ2) is 6.95. The summed E-state index contributed by atoms with van der Waals surface area (Å²) in [5.74, 6) is 1.54. The molecule has 1 heterocycles. The fraction of sp³-hybridized carbons (Fsp3) is 0.533. The molecule has 21 heavy (non-hydrogen) atoms. The lowest BCUT2D eigenvalue weighted by Gasteiger charge is -2.34. The van der Waals surface area contributed by atoms with E-state index in [1.54, 1.807) is 21.3 Å². The number of fused-ring (bicyclic) bond motifs is 1. The van der Waals surface area contributed by atoms with Crippen molar-refractivity contribution in [1.82, 2.24) is 10.2 Å². The molecular weight excluding hydrogens is 288 g/mol. The van der Waals surface area contributed by atoms with Crippen LogP contribution >= 0.6 is 12.2 Å². The first-order valence-corrected chi connectivity index (χ1v) is 7.28. The Bertz CT molecular complexity index is 522. The number of likely N-dealkylation sites (N-methyl/N-ethyl adjacent to an activating group) is 1. The topological polar surface area (TPSA) is 43.0 Å². The first kappa shape index (κ1) is 15.9. The van der Waals surface area contributed by atoms with Crippen LogP contribution in [-0.2, 0) is 17.7 Å². The van der Waals surface area contributed by atoms with Crippen LogP contribution in [-0.4, -0.2) is 51.0 Å². The van der Waals surface area contributed by atoms with Crippen molar-refractivity contribution in [3.63, 3.8) is 0 Å². The van der Waals surface area contributed by atoms with Crippen LogP contribution in [0.25, 0.3) is 0 Å². The van der Waals surface area contributed by atoms with Gasteiger partial charge in [0, 0.05) is 19.6 Å². The average Bonchev–Trinajstić information content (AvgIpc) is 2.51. The van der Waals surface area contributed by atoms with Crippen molar-refractivity contribution in [2.24, 2.45) is 0 Å². The number of benzene rings is 1. The highest BCUT2D eigenvalue weighted by atomic mass is 32.1. The first-order chi connectivity index (χ1) is 10.1. The highest BCUT2D eigenvalue weighted by molar-refractivity contribution is 7.80. The fourth-order valence-electron chi connectivity index (χ4n) is 2.54. The van der Waals surface area contributed by atoms with Crippen molar-refractivity contribution in [1.29, 1.82) is 0 Å². The Morgan fingerprint density at radius 2 is 1.90 bits per heavy atom. The van der Waals surface area contributed by atoms with Gasteiger partial charge < -0.3 is 19.5 Å². The quantitative estimate of drug-likeness (QED) is 0.852. The minimum atomic E-state index is 0.293. The van der Waals surface area contributed by atoms with Crippen LogP contribution in [0.3, 0.4) is 0 Å². The predicted molar refractivity (Wildman–Crippen MR) is 86.1 cm³/mol. The molecule has 1 aliphatic rings. The molecule has 1 unspecified atom stereocenters. The third kappa shape index (κ3) is 3.57. The summed E-state index contributed by atoms with van der Waals surface area (Å²) in [6, 6.07) is 4.41. The molecule has 116 valence electrons. The smallest absolute Gasteiger partial charge is 0.256 e. The van der Waals surface area contributed by atoms with Gasteiger partial charge in [-0.05, 0) is 48.9 Å². The number of rotatable bonds is 4. The number of ether oxygens (including phenoxy) is 3. The van der Waals surface area contributed by atoms with Gasteiger partial charge in [0.25, 0.3) is 5.17 Å². The van der Waals surface area contributed by atoms with E-state index in [1.807, 2.05) is 0 Å². The van der Waals surface area contributed by atoms with Gasteiger partial charge in [0.1, 0.15) is 6.61 Å². The number of nitrogens with zero attached hydrogens (tertiary/aromatic N) is 1. The predicted octanol–water partition coefficient (Wildman–Crippen LogP) is 1.58. The summed E-state index contributed by atoms with van der Waals surface area (Å²) in [6.45, 7) is 1.43. The minimum absolute atomic E-state index is 0.293. The Balaban J connectivity index is 2.15. The molecule has 0 bridgehead atoms. The van der Waals surface area contributed by atoms with E-state index in [4.69, 9.17) is 26.4 Å². The third-order valence-electron chi connectivity index (χ3n) is 3.82. The molecule has 0 aliphatic carbocycles. The van der Waals surface area contributed by atoms with E-state index in [9.17, 15) is 0 Å². The number of hydrogen-bond donors (Lipinski definition) is 1. The molecule has 0 saturated heterocycles. The van der Waals surface area contributed by atoms with Gasteiger partial charge in [0.15, 0.2) is 11.5 Å². The highest BCUT2D eigenvalue weighted by Crippen LogP contribution is 2.34. The molecule has 0 aromatic heterocycles. The zero-order valence-electron chi connectivity index (χ0n) is 12.9. The molecule has 1 aromatic carbocycles. The first-order valence-electron chi connectivity index (χ1n) is 6.87. The number of nitrogens with one attached hydrogen (secondary N) is 1. The summed E-state index contributed by atoms with van der Waals surface area (Å²) < 4.78 is 16.3.